The van der Waals surface area contributed by atoms with E-state index >= 15 is 0 Å². The molecule has 0 saturated carbocycles. The van der Waals surface area contributed by atoms with Gasteiger partial charge in [-0.05, 0) is 36.8 Å². The maximum Gasteiger partial charge on any atom is 0.417 e. The highest BCUT2D eigenvalue weighted by molar-refractivity contribution is 5.53. The van der Waals surface area contributed by atoms with Crippen LogP contribution in [0, 0.1) is 11.3 Å². The molecule has 0 fully saturated rings. The standard InChI is InChI=1S/C15H13F3N2O2/c16-15(17,18)12-8-11(4-3-10(12)9-19)20-13(5-6-21)14-2-1-7-22-14/h1-4,7-8,13,20-21H,5-6H2. The molecule has 2 N–H and O–H groups in total. The van der Waals surface area contributed by atoms with Crippen molar-refractivity contribution in [3.8, 4) is 6.07 Å². The zero-order chi connectivity index (χ0) is 16.2. The maximum atomic E-state index is 12.9. The van der Waals surface area contributed by atoms with E-state index in [4.69, 9.17) is 14.8 Å². The number of nitriles is 1. The third kappa shape index (κ3) is 3.59. The van der Waals surface area contributed by atoms with Crippen LogP contribution in [0.2, 0.25) is 0 Å². The maximum absolute atomic E-state index is 12.9. The molecule has 116 valence electrons. The van der Waals surface area contributed by atoms with Gasteiger partial charge in [0.2, 0.25) is 0 Å². The van der Waals surface area contributed by atoms with Gasteiger partial charge in [-0.3, -0.25) is 0 Å². The first kappa shape index (κ1) is 15.9. The Labute approximate surface area is 124 Å². The zero-order valence-electron chi connectivity index (χ0n) is 11.4. The Bertz CT molecular complexity index is 660. The fourth-order valence-electron chi connectivity index (χ4n) is 2.07. The van der Waals surface area contributed by atoms with Gasteiger partial charge >= 0.3 is 6.18 Å². The van der Waals surface area contributed by atoms with E-state index < -0.39 is 23.3 Å². The van der Waals surface area contributed by atoms with Crippen LogP contribution < -0.4 is 5.32 Å². The summed E-state index contributed by atoms with van der Waals surface area (Å²) in [4.78, 5) is 0. The van der Waals surface area contributed by atoms with Crippen LogP contribution in [0.25, 0.3) is 0 Å². The largest absolute Gasteiger partial charge is 0.467 e. The monoisotopic (exact) mass is 310 g/mol. The van der Waals surface area contributed by atoms with Crippen LogP contribution in [0.15, 0.2) is 41.0 Å². The van der Waals surface area contributed by atoms with Crippen LogP contribution >= 0.6 is 0 Å². The van der Waals surface area contributed by atoms with Gasteiger partial charge in [-0.25, -0.2) is 0 Å². The van der Waals surface area contributed by atoms with E-state index in [1.165, 1.54) is 18.4 Å². The number of aliphatic hydroxyl groups is 1. The summed E-state index contributed by atoms with van der Waals surface area (Å²) in [6.07, 6.45) is -2.89. The van der Waals surface area contributed by atoms with E-state index in [-0.39, 0.29) is 18.7 Å². The molecule has 0 aliphatic heterocycles. The van der Waals surface area contributed by atoms with Crippen LogP contribution in [0.4, 0.5) is 18.9 Å². The number of alkyl halides is 3. The molecule has 1 heterocycles. The molecule has 1 atom stereocenters. The minimum atomic E-state index is -4.61. The molecular weight excluding hydrogens is 297 g/mol. The van der Waals surface area contributed by atoms with Crippen molar-refractivity contribution < 1.29 is 22.7 Å². The lowest BCUT2D eigenvalue weighted by molar-refractivity contribution is -0.137. The Hall–Kier alpha value is -2.46. The number of benzene rings is 1. The smallest absolute Gasteiger partial charge is 0.417 e. The molecular formula is C15H13F3N2O2. The predicted molar refractivity (Wildman–Crippen MR) is 72.9 cm³/mol. The number of nitrogens with zero attached hydrogens (tertiary/aromatic N) is 1. The topological polar surface area (TPSA) is 69.2 Å². The summed E-state index contributed by atoms with van der Waals surface area (Å²) in [5, 5.41) is 20.7. The number of aliphatic hydroxyl groups excluding tert-OH is 1. The van der Waals surface area contributed by atoms with E-state index in [1.807, 2.05) is 0 Å². The molecule has 0 spiro atoms. The SMILES string of the molecule is N#Cc1ccc(NC(CCO)c2ccco2)cc1C(F)(F)F. The van der Waals surface area contributed by atoms with Gasteiger partial charge in [0.05, 0.1) is 29.5 Å². The third-order valence-corrected chi connectivity index (χ3v) is 3.09. The van der Waals surface area contributed by atoms with Crippen molar-refractivity contribution in [2.24, 2.45) is 0 Å². The molecule has 0 radical (unpaired) electrons. The first-order chi connectivity index (χ1) is 10.5. The van der Waals surface area contributed by atoms with Crippen molar-refractivity contribution in [3.63, 3.8) is 0 Å². The Kier molecular flexibility index (Phi) is 4.73. The van der Waals surface area contributed by atoms with Crippen LogP contribution in [0.3, 0.4) is 0 Å². The molecule has 0 bridgehead atoms. The van der Waals surface area contributed by atoms with Gasteiger partial charge in [0.25, 0.3) is 0 Å². The van der Waals surface area contributed by atoms with Crippen molar-refractivity contribution in [3.05, 3.63) is 53.5 Å². The summed E-state index contributed by atoms with van der Waals surface area (Å²) >= 11 is 0. The number of hydrogen-bond acceptors (Lipinski definition) is 4. The molecule has 7 heteroatoms. The number of rotatable bonds is 5. The van der Waals surface area contributed by atoms with E-state index in [2.05, 4.69) is 5.32 Å². The Morgan fingerprint density at radius 1 is 1.32 bits per heavy atom. The summed E-state index contributed by atoms with van der Waals surface area (Å²) in [6, 6.07) is 7.77. The third-order valence-electron chi connectivity index (χ3n) is 3.09. The Morgan fingerprint density at radius 2 is 2.09 bits per heavy atom. The van der Waals surface area contributed by atoms with Gasteiger partial charge in [0.15, 0.2) is 0 Å². The van der Waals surface area contributed by atoms with Gasteiger partial charge in [-0.1, -0.05) is 0 Å². The lowest BCUT2D eigenvalue weighted by Crippen LogP contribution is -2.14. The summed E-state index contributed by atoms with van der Waals surface area (Å²) in [6.45, 7) is -0.152. The summed E-state index contributed by atoms with van der Waals surface area (Å²) in [7, 11) is 0. The van der Waals surface area contributed by atoms with E-state index in [9.17, 15) is 13.2 Å². The molecule has 1 aromatic carbocycles. The predicted octanol–water partition coefficient (Wildman–Crippen LogP) is 3.71. The lowest BCUT2D eigenvalue weighted by atomic mass is 10.1. The van der Waals surface area contributed by atoms with Crippen molar-refractivity contribution in [1.82, 2.24) is 0 Å². The number of furan rings is 1. The number of anilines is 1. The summed E-state index contributed by atoms with van der Waals surface area (Å²) < 4.78 is 44.0. The molecule has 2 rings (SSSR count). The van der Waals surface area contributed by atoms with Gasteiger partial charge in [-0.15, -0.1) is 0 Å². The highest BCUT2D eigenvalue weighted by Crippen LogP contribution is 2.34. The van der Waals surface area contributed by atoms with Crippen LogP contribution in [0.1, 0.15) is 29.3 Å². The highest BCUT2D eigenvalue weighted by Gasteiger charge is 2.34. The van der Waals surface area contributed by atoms with Crippen molar-refractivity contribution >= 4 is 5.69 Å². The molecule has 2 aromatic rings. The second kappa shape index (κ2) is 6.54. The van der Waals surface area contributed by atoms with Gasteiger partial charge < -0.3 is 14.8 Å². The summed E-state index contributed by atoms with van der Waals surface area (Å²) in [5.41, 5.74) is -1.24. The van der Waals surface area contributed by atoms with Crippen molar-refractivity contribution in [2.75, 3.05) is 11.9 Å². The Balaban J connectivity index is 2.31. The number of halogens is 3. The van der Waals surface area contributed by atoms with E-state index in [0.717, 1.165) is 12.1 Å². The highest BCUT2D eigenvalue weighted by atomic mass is 19.4. The second-order valence-electron chi connectivity index (χ2n) is 4.59. The van der Waals surface area contributed by atoms with Gasteiger partial charge in [0.1, 0.15) is 5.76 Å². The quantitative estimate of drug-likeness (QED) is 0.883. The minimum Gasteiger partial charge on any atom is -0.467 e. The van der Waals surface area contributed by atoms with E-state index in [1.54, 1.807) is 12.1 Å². The first-order valence-corrected chi connectivity index (χ1v) is 6.48. The van der Waals surface area contributed by atoms with Crippen molar-refractivity contribution in [1.29, 1.82) is 5.26 Å². The minimum absolute atomic E-state index is 0.152. The first-order valence-electron chi connectivity index (χ1n) is 6.48. The van der Waals surface area contributed by atoms with Crippen LogP contribution in [-0.2, 0) is 6.18 Å². The van der Waals surface area contributed by atoms with Gasteiger partial charge in [0, 0.05) is 12.3 Å². The zero-order valence-corrected chi connectivity index (χ0v) is 11.4. The normalized spacial score (nSPS) is 12.7. The molecule has 0 aliphatic rings. The molecule has 4 nitrogen and oxygen atoms in total. The number of nitrogens with one attached hydrogen (secondary N) is 1. The average Bonchev–Trinajstić information content (AvgIpc) is 3.00. The molecule has 0 aliphatic carbocycles. The fourth-order valence-corrected chi connectivity index (χ4v) is 2.07. The molecule has 1 unspecified atom stereocenters. The van der Waals surface area contributed by atoms with Crippen LogP contribution in [0.5, 0.6) is 0 Å². The molecule has 0 amide bonds. The summed E-state index contributed by atoms with van der Waals surface area (Å²) in [5.74, 6) is 0.506. The fraction of sp³-hybridized carbons (Fsp3) is 0.267. The second-order valence-corrected chi connectivity index (χ2v) is 4.59. The molecule has 0 saturated heterocycles. The van der Waals surface area contributed by atoms with Crippen LogP contribution in [-0.4, -0.2) is 11.7 Å². The van der Waals surface area contributed by atoms with E-state index in [0.29, 0.717) is 5.76 Å². The average molecular weight is 310 g/mol. The Morgan fingerprint density at radius 3 is 2.64 bits per heavy atom. The molecule has 1 aromatic heterocycles. The number of hydrogen-bond donors (Lipinski definition) is 2. The van der Waals surface area contributed by atoms with Gasteiger partial charge in [-0.2, -0.15) is 18.4 Å². The molecule has 22 heavy (non-hydrogen) atoms. The van der Waals surface area contributed by atoms with Crippen molar-refractivity contribution in [2.45, 2.75) is 18.6 Å². The lowest BCUT2D eigenvalue weighted by Gasteiger charge is -2.18.